The Morgan fingerprint density at radius 2 is 1.74 bits per heavy atom. The molecule has 47 heavy (non-hydrogen) atoms. The summed E-state index contributed by atoms with van der Waals surface area (Å²) in [6.45, 7) is 4.82. The normalized spacial score (nSPS) is 13.2. The molecule has 1 aliphatic rings. The Labute approximate surface area is 268 Å². The summed E-state index contributed by atoms with van der Waals surface area (Å²) < 4.78 is 38.3. The maximum absolute atomic E-state index is 15.4. The van der Waals surface area contributed by atoms with E-state index in [1.165, 1.54) is 43.4 Å². The second kappa shape index (κ2) is 13.5. The van der Waals surface area contributed by atoms with E-state index in [0.717, 1.165) is 18.5 Å². The first-order valence-corrected chi connectivity index (χ1v) is 14.5. The Balaban J connectivity index is 1.18. The minimum absolute atomic E-state index is 0.0528. The monoisotopic (exact) mass is 642 g/mol. The topological polar surface area (TPSA) is 164 Å². The minimum Gasteiger partial charge on any atom is -0.495 e. The number of piperidine rings is 1. The average Bonchev–Trinajstić information content (AvgIpc) is 3.57. The number of carbonyl (C=O) groups is 1. The molecule has 242 valence electrons. The predicted octanol–water partition coefficient (Wildman–Crippen LogP) is 4.29. The minimum atomic E-state index is -0.576. The Morgan fingerprint density at radius 1 is 0.979 bits per heavy atom. The molecular weight excluding hydrogens is 611 g/mol. The van der Waals surface area contributed by atoms with Gasteiger partial charge in [0.25, 0.3) is 5.95 Å². The molecule has 0 aliphatic carbocycles. The van der Waals surface area contributed by atoms with Crippen molar-refractivity contribution in [3.05, 3.63) is 67.4 Å². The molecule has 0 saturated carbocycles. The lowest BCUT2D eigenvalue weighted by atomic mass is 10.0. The molecule has 0 spiro atoms. The third-order valence-electron chi connectivity index (χ3n) is 7.43. The maximum atomic E-state index is 15.4. The van der Waals surface area contributed by atoms with Crippen LogP contribution in [-0.2, 0) is 4.79 Å². The van der Waals surface area contributed by atoms with Crippen LogP contribution in [0.3, 0.4) is 0 Å². The van der Waals surface area contributed by atoms with E-state index in [4.69, 9.17) is 18.9 Å². The van der Waals surface area contributed by atoms with Gasteiger partial charge in [0.05, 0.1) is 38.2 Å². The summed E-state index contributed by atoms with van der Waals surface area (Å²) in [7, 11) is 4.43. The highest BCUT2D eigenvalue weighted by Gasteiger charge is 2.23. The zero-order valence-electron chi connectivity index (χ0n) is 25.8. The molecule has 1 amide bonds. The summed E-state index contributed by atoms with van der Waals surface area (Å²) >= 11 is 0. The third-order valence-corrected chi connectivity index (χ3v) is 7.43. The molecule has 6 rings (SSSR count). The van der Waals surface area contributed by atoms with Gasteiger partial charge in [-0.15, -0.1) is 10.1 Å². The van der Waals surface area contributed by atoms with E-state index >= 15 is 4.39 Å². The largest absolute Gasteiger partial charge is 0.495 e. The van der Waals surface area contributed by atoms with Crippen molar-refractivity contribution in [1.82, 2.24) is 39.6 Å². The van der Waals surface area contributed by atoms with Gasteiger partial charge < -0.3 is 34.5 Å². The van der Waals surface area contributed by atoms with E-state index in [-0.39, 0.29) is 47.2 Å². The van der Waals surface area contributed by atoms with E-state index < -0.39 is 5.82 Å². The van der Waals surface area contributed by atoms with Crippen molar-refractivity contribution in [2.24, 2.45) is 0 Å². The van der Waals surface area contributed by atoms with Crippen molar-refractivity contribution in [2.75, 3.05) is 45.1 Å². The number of ether oxygens (including phenoxy) is 4. The van der Waals surface area contributed by atoms with Crippen molar-refractivity contribution in [1.29, 1.82) is 0 Å². The molecule has 16 heteroatoms. The SMILES string of the molecule is C=CC(=O)N1CCC(Nc2cc3c(Nc4ccc(Oc5ccn(-c6nc(OC)nc(OC)n6)n5)cc4F)ncnc3cc2OC)CC1. The molecule has 0 unspecified atom stereocenters. The summed E-state index contributed by atoms with van der Waals surface area (Å²) in [5.41, 5.74) is 1.53. The first kappa shape index (κ1) is 30.9. The fraction of sp³-hybridized carbons (Fsp3) is 0.258. The molecule has 15 nitrogen and oxygen atoms in total. The van der Waals surface area contributed by atoms with Gasteiger partial charge in [-0.3, -0.25) is 4.79 Å². The Hall–Kier alpha value is -6.06. The van der Waals surface area contributed by atoms with Crippen LogP contribution in [0.5, 0.6) is 29.4 Å². The second-order valence-corrected chi connectivity index (χ2v) is 10.3. The number of hydrogen-bond donors (Lipinski definition) is 2. The molecule has 1 fully saturated rings. The predicted molar refractivity (Wildman–Crippen MR) is 169 cm³/mol. The molecule has 0 atom stereocenters. The van der Waals surface area contributed by atoms with E-state index in [1.807, 2.05) is 6.07 Å². The van der Waals surface area contributed by atoms with Crippen molar-refractivity contribution in [3.63, 3.8) is 0 Å². The number of benzene rings is 2. The van der Waals surface area contributed by atoms with Crippen molar-refractivity contribution in [3.8, 4) is 35.3 Å². The number of methoxy groups -OCH3 is 3. The van der Waals surface area contributed by atoms with Crippen molar-refractivity contribution in [2.45, 2.75) is 18.9 Å². The standard InChI is InChI=1S/C31H31FN10O5/c1-5-27(43)41-11-8-18(9-12-41)35-24-15-20-23(16-25(24)44-2)33-17-34-28(20)36-22-7-6-19(14-21(22)32)47-26-10-13-42(40-26)29-37-30(45-3)39-31(38-29)46-4/h5-7,10,13-18,35H,1,8-9,11-12H2,2-4H3,(H,33,34,36). The smallest absolute Gasteiger partial charge is 0.324 e. The first-order valence-electron chi connectivity index (χ1n) is 14.5. The highest BCUT2D eigenvalue weighted by atomic mass is 19.1. The van der Waals surface area contributed by atoms with E-state index in [9.17, 15) is 4.79 Å². The van der Waals surface area contributed by atoms with Gasteiger partial charge in [0, 0.05) is 48.9 Å². The van der Waals surface area contributed by atoms with Crippen LogP contribution in [0.1, 0.15) is 12.8 Å². The Bertz CT molecular complexity index is 1910. The van der Waals surface area contributed by atoms with Gasteiger partial charge in [-0.05, 0) is 37.1 Å². The summed E-state index contributed by atoms with van der Waals surface area (Å²) in [6.07, 6.45) is 5.83. The molecule has 2 N–H and O–H groups in total. The van der Waals surface area contributed by atoms with Gasteiger partial charge in [0.2, 0.25) is 11.8 Å². The number of amides is 1. The fourth-order valence-corrected chi connectivity index (χ4v) is 5.05. The number of likely N-dealkylation sites (tertiary alicyclic amines) is 1. The fourth-order valence-electron chi connectivity index (χ4n) is 5.05. The molecule has 5 aromatic rings. The number of anilines is 3. The highest BCUT2D eigenvalue weighted by molar-refractivity contribution is 5.95. The van der Waals surface area contributed by atoms with Crippen LogP contribution in [0, 0.1) is 5.82 Å². The number of halogens is 1. The second-order valence-electron chi connectivity index (χ2n) is 10.3. The van der Waals surface area contributed by atoms with Crippen LogP contribution >= 0.6 is 0 Å². The molecule has 2 aromatic carbocycles. The molecule has 0 radical (unpaired) electrons. The summed E-state index contributed by atoms with van der Waals surface area (Å²) in [5, 5.41) is 11.6. The summed E-state index contributed by atoms with van der Waals surface area (Å²) in [4.78, 5) is 34.8. The van der Waals surface area contributed by atoms with E-state index in [0.29, 0.717) is 35.6 Å². The number of rotatable bonds is 11. The zero-order chi connectivity index (χ0) is 32.9. The lowest BCUT2D eigenvalue weighted by Gasteiger charge is -2.32. The average molecular weight is 643 g/mol. The third kappa shape index (κ3) is 6.80. The number of carbonyl (C=O) groups excluding carboxylic acids is 1. The van der Waals surface area contributed by atoms with Gasteiger partial charge in [-0.2, -0.15) is 9.97 Å². The number of nitrogens with one attached hydrogen (secondary N) is 2. The van der Waals surface area contributed by atoms with E-state index in [1.54, 1.807) is 36.4 Å². The van der Waals surface area contributed by atoms with E-state index in [2.05, 4.69) is 47.2 Å². The van der Waals surface area contributed by atoms with Crippen LogP contribution in [-0.4, -0.2) is 86.0 Å². The molecule has 0 bridgehead atoms. The Morgan fingerprint density at radius 3 is 2.43 bits per heavy atom. The van der Waals surface area contributed by atoms with Crippen LogP contribution in [0.15, 0.2) is 61.6 Å². The quantitative estimate of drug-likeness (QED) is 0.196. The maximum Gasteiger partial charge on any atom is 0.324 e. The summed E-state index contributed by atoms with van der Waals surface area (Å²) in [5.74, 6) is 0.908. The zero-order valence-corrected chi connectivity index (χ0v) is 25.8. The van der Waals surface area contributed by atoms with Crippen LogP contribution in [0.4, 0.5) is 21.6 Å². The van der Waals surface area contributed by atoms with Gasteiger partial charge in [-0.25, -0.2) is 19.0 Å². The lowest BCUT2D eigenvalue weighted by molar-refractivity contribution is -0.126. The molecule has 4 heterocycles. The first-order chi connectivity index (χ1) is 22.9. The summed E-state index contributed by atoms with van der Waals surface area (Å²) in [6, 6.07) is 9.85. The lowest BCUT2D eigenvalue weighted by Crippen LogP contribution is -2.41. The van der Waals surface area contributed by atoms with Crippen LogP contribution < -0.4 is 29.6 Å². The van der Waals surface area contributed by atoms with Gasteiger partial charge in [-0.1, -0.05) is 6.58 Å². The van der Waals surface area contributed by atoms with Crippen molar-refractivity contribution >= 4 is 34.0 Å². The van der Waals surface area contributed by atoms with Gasteiger partial charge in [0.15, 0.2) is 0 Å². The van der Waals surface area contributed by atoms with Gasteiger partial charge >= 0.3 is 12.0 Å². The van der Waals surface area contributed by atoms with Gasteiger partial charge in [0.1, 0.15) is 29.5 Å². The molecule has 1 aliphatic heterocycles. The highest BCUT2D eigenvalue weighted by Crippen LogP contribution is 2.35. The Kier molecular flexibility index (Phi) is 8.90. The molecule has 3 aromatic heterocycles. The number of hydrogen-bond acceptors (Lipinski definition) is 13. The van der Waals surface area contributed by atoms with Crippen LogP contribution in [0.25, 0.3) is 16.9 Å². The number of nitrogens with zero attached hydrogens (tertiary/aromatic N) is 8. The molecular formula is C31H31FN10O5. The number of fused-ring (bicyclic) bond motifs is 1. The number of aromatic nitrogens is 7. The van der Waals surface area contributed by atoms with Crippen molar-refractivity contribution < 1.29 is 28.1 Å². The van der Waals surface area contributed by atoms with Crippen LogP contribution in [0.2, 0.25) is 0 Å². The molecule has 1 saturated heterocycles.